The molecule has 1 aromatic carbocycles. The highest BCUT2D eigenvalue weighted by atomic mass is 19.3. The lowest BCUT2D eigenvalue weighted by Crippen LogP contribution is -2.05. The minimum Gasteiger partial charge on any atom is -0.478 e. The van der Waals surface area contributed by atoms with Gasteiger partial charge in [0, 0.05) is 11.6 Å². The highest BCUT2D eigenvalue weighted by Gasteiger charge is 2.15. The highest BCUT2D eigenvalue weighted by Crippen LogP contribution is 2.26. The van der Waals surface area contributed by atoms with E-state index in [9.17, 15) is 18.0 Å². The Balaban J connectivity index is 3.27. The average Bonchev–Trinajstić information content (AvgIpc) is 2.29. The van der Waals surface area contributed by atoms with Crippen molar-refractivity contribution < 1.29 is 27.8 Å². The van der Waals surface area contributed by atoms with E-state index in [0.29, 0.717) is 6.08 Å². The predicted molar refractivity (Wildman–Crippen MR) is 54.4 cm³/mol. The van der Waals surface area contributed by atoms with Crippen LogP contribution in [-0.4, -0.2) is 17.7 Å². The quantitative estimate of drug-likeness (QED) is 0.841. The summed E-state index contributed by atoms with van der Waals surface area (Å²) in [5, 5.41) is 17.1. The summed E-state index contributed by atoms with van der Waals surface area (Å²) in [4.78, 5) is 10.3. The Morgan fingerprint density at radius 2 is 2.17 bits per heavy atom. The molecule has 4 nitrogen and oxygen atoms in total. The lowest BCUT2D eigenvalue weighted by atomic mass is 10.1. The van der Waals surface area contributed by atoms with E-state index in [4.69, 9.17) is 10.4 Å². The third kappa shape index (κ3) is 3.25. The summed E-state index contributed by atoms with van der Waals surface area (Å²) in [7, 11) is 0. The average molecular weight is 257 g/mol. The van der Waals surface area contributed by atoms with E-state index in [1.165, 1.54) is 0 Å². The number of hydrogen-bond donors (Lipinski definition) is 1. The normalized spacial score (nSPS) is 10.6. The van der Waals surface area contributed by atoms with Crippen LogP contribution in [0.25, 0.3) is 6.08 Å². The van der Waals surface area contributed by atoms with E-state index in [0.717, 1.165) is 18.2 Å². The monoisotopic (exact) mass is 257 g/mol. The fourth-order valence-electron chi connectivity index (χ4n) is 1.17. The molecular formula is C11H6F3NO3. The van der Waals surface area contributed by atoms with Gasteiger partial charge in [0.05, 0.1) is 11.6 Å². The van der Waals surface area contributed by atoms with Crippen LogP contribution < -0.4 is 4.74 Å². The van der Waals surface area contributed by atoms with Crippen molar-refractivity contribution in [2.75, 3.05) is 0 Å². The van der Waals surface area contributed by atoms with Crippen molar-refractivity contribution in [3.63, 3.8) is 0 Å². The van der Waals surface area contributed by atoms with Gasteiger partial charge in [0.25, 0.3) is 0 Å². The first-order valence-electron chi connectivity index (χ1n) is 4.54. The second-order valence-electron chi connectivity index (χ2n) is 3.00. The van der Waals surface area contributed by atoms with Crippen LogP contribution in [0.3, 0.4) is 0 Å². The Labute approximate surface area is 99.5 Å². The van der Waals surface area contributed by atoms with Crippen LogP contribution in [0, 0.1) is 17.1 Å². The molecule has 0 unspecified atom stereocenters. The molecule has 1 rings (SSSR count). The molecule has 0 fully saturated rings. The van der Waals surface area contributed by atoms with Crippen molar-refractivity contribution in [2.24, 2.45) is 0 Å². The molecule has 7 heteroatoms. The molecule has 0 bridgehead atoms. The van der Waals surface area contributed by atoms with Gasteiger partial charge in [-0.3, -0.25) is 0 Å². The first kappa shape index (κ1) is 13.6. The summed E-state index contributed by atoms with van der Waals surface area (Å²) < 4.78 is 41.5. The van der Waals surface area contributed by atoms with Gasteiger partial charge in [-0.15, -0.1) is 0 Å². The Bertz CT molecular complexity index is 535. The van der Waals surface area contributed by atoms with Gasteiger partial charge in [0.15, 0.2) is 11.6 Å². The van der Waals surface area contributed by atoms with Crippen molar-refractivity contribution in [3.05, 3.63) is 35.2 Å². The third-order valence-electron chi connectivity index (χ3n) is 1.87. The summed E-state index contributed by atoms with van der Waals surface area (Å²) in [6.07, 6.45) is 1.39. The molecule has 0 amide bonds. The van der Waals surface area contributed by atoms with Gasteiger partial charge in [-0.2, -0.15) is 14.0 Å². The Morgan fingerprint density at radius 1 is 1.50 bits per heavy atom. The molecular weight excluding hydrogens is 251 g/mol. The first-order valence-corrected chi connectivity index (χ1v) is 4.54. The number of nitrogens with zero attached hydrogens (tertiary/aromatic N) is 1. The second kappa shape index (κ2) is 5.72. The van der Waals surface area contributed by atoms with Gasteiger partial charge in [0.1, 0.15) is 0 Å². The topological polar surface area (TPSA) is 70.3 Å². The zero-order chi connectivity index (χ0) is 13.7. The number of aliphatic carboxylic acids is 1. The maximum atomic E-state index is 13.7. The van der Waals surface area contributed by atoms with Gasteiger partial charge < -0.3 is 9.84 Å². The Hall–Kier alpha value is -2.49. The van der Waals surface area contributed by atoms with Crippen LogP contribution in [0.2, 0.25) is 0 Å². The van der Waals surface area contributed by atoms with Gasteiger partial charge in [-0.25, -0.2) is 9.18 Å². The number of benzene rings is 1. The summed E-state index contributed by atoms with van der Waals surface area (Å²) in [6.45, 7) is -3.22. The van der Waals surface area contributed by atoms with Crippen LogP contribution in [-0.2, 0) is 4.79 Å². The highest BCUT2D eigenvalue weighted by molar-refractivity contribution is 5.86. The molecule has 0 atom stereocenters. The van der Waals surface area contributed by atoms with Crippen molar-refractivity contribution in [1.29, 1.82) is 5.26 Å². The van der Waals surface area contributed by atoms with Gasteiger partial charge >= 0.3 is 12.6 Å². The van der Waals surface area contributed by atoms with Crippen LogP contribution in [0.15, 0.2) is 18.2 Å². The van der Waals surface area contributed by atoms with E-state index < -0.39 is 29.7 Å². The molecule has 18 heavy (non-hydrogen) atoms. The molecule has 0 aliphatic heterocycles. The number of halogens is 3. The van der Waals surface area contributed by atoms with Gasteiger partial charge in [-0.1, -0.05) is 0 Å². The van der Waals surface area contributed by atoms with E-state index in [-0.39, 0.29) is 5.56 Å². The van der Waals surface area contributed by atoms with E-state index in [2.05, 4.69) is 4.74 Å². The minimum absolute atomic E-state index is 0.188. The lowest BCUT2D eigenvalue weighted by molar-refractivity contribution is -0.131. The molecule has 1 N–H and O–H groups in total. The number of carboxylic acid groups (broad SMARTS) is 1. The number of carbonyl (C=O) groups is 1. The summed E-state index contributed by atoms with van der Waals surface area (Å²) >= 11 is 0. The molecule has 0 radical (unpaired) electrons. The lowest BCUT2D eigenvalue weighted by Gasteiger charge is -2.08. The smallest absolute Gasteiger partial charge is 0.387 e. The zero-order valence-electron chi connectivity index (χ0n) is 8.73. The molecule has 0 spiro atoms. The fraction of sp³-hybridized carbons (Fsp3) is 0.0909. The maximum Gasteiger partial charge on any atom is 0.387 e. The van der Waals surface area contributed by atoms with Crippen LogP contribution in [0.4, 0.5) is 13.2 Å². The van der Waals surface area contributed by atoms with Crippen molar-refractivity contribution in [2.45, 2.75) is 6.61 Å². The number of ether oxygens (including phenoxy) is 1. The number of alkyl halides is 2. The number of hydrogen-bond acceptors (Lipinski definition) is 3. The molecule has 0 aliphatic carbocycles. The molecule has 0 saturated heterocycles. The van der Waals surface area contributed by atoms with E-state index >= 15 is 0 Å². The van der Waals surface area contributed by atoms with Crippen molar-refractivity contribution >= 4 is 12.0 Å². The Kier molecular flexibility index (Phi) is 4.32. The first-order chi connectivity index (χ1) is 8.45. The largest absolute Gasteiger partial charge is 0.478 e. The molecule has 1 aromatic rings. The maximum absolute atomic E-state index is 13.7. The SMILES string of the molecule is N#Cc1ccc(OC(F)F)c(F)c1/C=C/C(=O)O. The molecule has 0 aliphatic rings. The zero-order valence-corrected chi connectivity index (χ0v) is 8.73. The van der Waals surface area contributed by atoms with Crippen LogP contribution >= 0.6 is 0 Å². The molecule has 94 valence electrons. The van der Waals surface area contributed by atoms with Crippen LogP contribution in [0.1, 0.15) is 11.1 Å². The number of rotatable bonds is 4. The standard InChI is InChI=1S/C11H6F3NO3/c12-10-7(2-4-9(16)17)6(5-15)1-3-8(10)18-11(13)14/h1-4,11H,(H,16,17)/b4-2+. The summed E-state index contributed by atoms with van der Waals surface area (Å²) in [5.41, 5.74) is -0.607. The summed E-state index contributed by atoms with van der Waals surface area (Å²) in [5.74, 6) is -3.33. The van der Waals surface area contributed by atoms with E-state index in [1.807, 2.05) is 0 Å². The molecule has 0 saturated carbocycles. The Morgan fingerprint density at radius 3 is 2.67 bits per heavy atom. The fourth-order valence-corrected chi connectivity index (χ4v) is 1.17. The molecule has 0 heterocycles. The molecule has 0 aromatic heterocycles. The van der Waals surface area contributed by atoms with Gasteiger partial charge in [-0.05, 0) is 18.2 Å². The van der Waals surface area contributed by atoms with Crippen molar-refractivity contribution in [1.82, 2.24) is 0 Å². The second-order valence-corrected chi connectivity index (χ2v) is 3.00. The summed E-state index contributed by atoms with van der Waals surface area (Å²) in [6, 6.07) is 3.54. The van der Waals surface area contributed by atoms with Crippen LogP contribution in [0.5, 0.6) is 5.75 Å². The van der Waals surface area contributed by atoms with Gasteiger partial charge in [0.2, 0.25) is 0 Å². The van der Waals surface area contributed by atoms with E-state index in [1.54, 1.807) is 6.07 Å². The number of carboxylic acids is 1. The third-order valence-corrected chi connectivity index (χ3v) is 1.87. The number of nitriles is 1. The predicted octanol–water partition coefficient (Wildman–Crippen LogP) is 2.40. The van der Waals surface area contributed by atoms with Crippen molar-refractivity contribution in [3.8, 4) is 11.8 Å². The minimum atomic E-state index is -3.22.